The van der Waals surface area contributed by atoms with E-state index in [-0.39, 0.29) is 11.9 Å². The van der Waals surface area contributed by atoms with Crippen molar-refractivity contribution >= 4 is 17.3 Å². The van der Waals surface area contributed by atoms with Crippen molar-refractivity contribution in [2.75, 3.05) is 43.5 Å². The second-order valence-electron chi connectivity index (χ2n) is 7.60. The number of hydrogen-bond donors (Lipinski definition) is 1. The maximum absolute atomic E-state index is 12.9. The molecule has 1 atom stereocenters. The lowest BCUT2D eigenvalue weighted by molar-refractivity contribution is -0.120. The molecule has 0 aliphatic carbocycles. The number of nitrogens with one attached hydrogen (secondary N) is 1. The zero-order valence-corrected chi connectivity index (χ0v) is 17.3. The van der Waals surface area contributed by atoms with Crippen LogP contribution in [0.4, 0.5) is 11.4 Å². The number of para-hydroxylation sites is 3. The molecule has 5 heteroatoms. The van der Waals surface area contributed by atoms with Crippen molar-refractivity contribution < 1.29 is 9.53 Å². The van der Waals surface area contributed by atoms with Crippen molar-refractivity contribution in [1.82, 2.24) is 4.90 Å². The zero-order chi connectivity index (χ0) is 20.1. The van der Waals surface area contributed by atoms with E-state index in [4.69, 9.17) is 4.74 Å². The first-order valence-corrected chi connectivity index (χ1v) is 10.0. The Labute approximate surface area is 168 Å². The first kappa shape index (κ1) is 20.2. The highest BCUT2D eigenvalue weighted by molar-refractivity contribution is 5.95. The molecule has 3 rings (SSSR count). The van der Waals surface area contributed by atoms with Crippen LogP contribution in [0.25, 0.3) is 0 Å². The van der Waals surface area contributed by atoms with Gasteiger partial charge in [-0.3, -0.25) is 9.69 Å². The lowest BCUT2D eigenvalue weighted by atomic mass is 10.0. The molecule has 0 unspecified atom stereocenters. The molecule has 2 aromatic carbocycles. The SMILES string of the molecule is COc1ccccc1N1CCN([C@H](C)C(=O)Nc2ccccc2C(C)C)CC1. The summed E-state index contributed by atoms with van der Waals surface area (Å²) in [6.07, 6.45) is 0. The smallest absolute Gasteiger partial charge is 0.241 e. The molecule has 1 fully saturated rings. The molecule has 1 amide bonds. The Bertz CT molecular complexity index is 798. The molecule has 28 heavy (non-hydrogen) atoms. The van der Waals surface area contributed by atoms with Gasteiger partial charge in [0.15, 0.2) is 0 Å². The van der Waals surface area contributed by atoms with Crippen molar-refractivity contribution in [3.05, 3.63) is 54.1 Å². The summed E-state index contributed by atoms with van der Waals surface area (Å²) >= 11 is 0. The number of nitrogens with zero attached hydrogens (tertiary/aromatic N) is 2. The van der Waals surface area contributed by atoms with Crippen molar-refractivity contribution in [3.8, 4) is 5.75 Å². The lowest BCUT2D eigenvalue weighted by Gasteiger charge is -2.39. The van der Waals surface area contributed by atoms with Gasteiger partial charge in [0, 0.05) is 31.9 Å². The van der Waals surface area contributed by atoms with Crippen LogP contribution in [0.15, 0.2) is 48.5 Å². The van der Waals surface area contributed by atoms with Crippen molar-refractivity contribution in [2.24, 2.45) is 0 Å². The highest BCUT2D eigenvalue weighted by Crippen LogP contribution is 2.29. The summed E-state index contributed by atoms with van der Waals surface area (Å²) in [7, 11) is 1.70. The van der Waals surface area contributed by atoms with E-state index in [1.165, 1.54) is 5.56 Å². The first-order valence-electron chi connectivity index (χ1n) is 10.0. The van der Waals surface area contributed by atoms with Gasteiger partial charge in [0.2, 0.25) is 5.91 Å². The van der Waals surface area contributed by atoms with E-state index in [1.807, 2.05) is 43.3 Å². The minimum Gasteiger partial charge on any atom is -0.495 e. The second kappa shape index (κ2) is 9.11. The van der Waals surface area contributed by atoms with Crippen LogP contribution in [0.3, 0.4) is 0 Å². The number of hydrogen-bond acceptors (Lipinski definition) is 4. The normalized spacial score (nSPS) is 16.1. The summed E-state index contributed by atoms with van der Waals surface area (Å²) in [4.78, 5) is 17.4. The fraction of sp³-hybridized carbons (Fsp3) is 0.435. The molecule has 0 saturated carbocycles. The number of carbonyl (C=O) groups is 1. The van der Waals surface area contributed by atoms with Gasteiger partial charge in [0.1, 0.15) is 5.75 Å². The maximum atomic E-state index is 12.9. The summed E-state index contributed by atoms with van der Waals surface area (Å²) in [5, 5.41) is 3.14. The summed E-state index contributed by atoms with van der Waals surface area (Å²) in [6, 6.07) is 16.0. The van der Waals surface area contributed by atoms with Crippen LogP contribution in [0.1, 0.15) is 32.3 Å². The largest absolute Gasteiger partial charge is 0.495 e. The Hall–Kier alpha value is -2.53. The van der Waals surface area contributed by atoms with E-state index in [1.54, 1.807) is 7.11 Å². The molecular weight excluding hydrogens is 350 g/mol. The predicted octanol–water partition coefficient (Wildman–Crippen LogP) is 3.97. The van der Waals surface area contributed by atoms with Crippen LogP contribution < -0.4 is 15.0 Å². The molecule has 0 spiro atoms. The van der Waals surface area contributed by atoms with Crippen molar-refractivity contribution in [3.63, 3.8) is 0 Å². The van der Waals surface area contributed by atoms with Gasteiger partial charge in [-0.15, -0.1) is 0 Å². The number of piperazine rings is 1. The Morgan fingerprint density at radius 3 is 2.29 bits per heavy atom. The number of methoxy groups -OCH3 is 1. The maximum Gasteiger partial charge on any atom is 0.241 e. The highest BCUT2D eigenvalue weighted by atomic mass is 16.5. The molecule has 1 aliphatic rings. The number of carbonyl (C=O) groups excluding carboxylic acids is 1. The van der Waals surface area contributed by atoms with Gasteiger partial charge in [-0.25, -0.2) is 0 Å². The standard InChI is InChI=1S/C23H31N3O2/c1-17(2)19-9-5-6-10-20(19)24-23(27)18(3)25-13-15-26(16-14-25)21-11-7-8-12-22(21)28-4/h5-12,17-18H,13-16H2,1-4H3,(H,24,27)/t18-/m1/s1. The minimum absolute atomic E-state index is 0.0545. The Kier molecular flexibility index (Phi) is 6.57. The van der Waals surface area contributed by atoms with E-state index in [0.29, 0.717) is 5.92 Å². The molecule has 0 radical (unpaired) electrons. The quantitative estimate of drug-likeness (QED) is 0.822. The van der Waals surface area contributed by atoms with Crippen molar-refractivity contribution in [2.45, 2.75) is 32.7 Å². The number of anilines is 2. The van der Waals surface area contributed by atoms with Gasteiger partial charge in [-0.05, 0) is 36.6 Å². The monoisotopic (exact) mass is 381 g/mol. The highest BCUT2D eigenvalue weighted by Gasteiger charge is 2.27. The molecular formula is C23H31N3O2. The second-order valence-corrected chi connectivity index (χ2v) is 7.60. The Morgan fingerprint density at radius 1 is 0.964 bits per heavy atom. The molecule has 2 aromatic rings. The van der Waals surface area contributed by atoms with E-state index >= 15 is 0 Å². The van der Waals surface area contributed by atoms with E-state index in [9.17, 15) is 4.79 Å². The molecule has 1 heterocycles. The molecule has 1 N–H and O–H groups in total. The fourth-order valence-corrected chi connectivity index (χ4v) is 3.76. The average Bonchev–Trinajstić information content (AvgIpc) is 2.73. The van der Waals surface area contributed by atoms with Gasteiger partial charge < -0.3 is 15.0 Å². The van der Waals surface area contributed by atoms with Crippen LogP contribution in [0.2, 0.25) is 0 Å². The average molecular weight is 382 g/mol. The minimum atomic E-state index is -0.167. The van der Waals surface area contributed by atoms with Crippen molar-refractivity contribution in [1.29, 1.82) is 0 Å². The lowest BCUT2D eigenvalue weighted by Crippen LogP contribution is -2.53. The molecule has 0 aromatic heterocycles. The Balaban J connectivity index is 1.61. The van der Waals surface area contributed by atoms with Gasteiger partial charge in [-0.2, -0.15) is 0 Å². The van der Waals surface area contributed by atoms with E-state index in [0.717, 1.165) is 43.3 Å². The fourth-order valence-electron chi connectivity index (χ4n) is 3.76. The number of ether oxygens (including phenoxy) is 1. The van der Waals surface area contributed by atoms with Crippen LogP contribution in [-0.4, -0.2) is 50.1 Å². The molecule has 1 aliphatic heterocycles. The molecule has 5 nitrogen and oxygen atoms in total. The van der Waals surface area contributed by atoms with E-state index < -0.39 is 0 Å². The molecule has 0 bridgehead atoms. The number of rotatable bonds is 6. The third kappa shape index (κ3) is 4.47. The molecule has 150 valence electrons. The number of amides is 1. The van der Waals surface area contributed by atoms with Gasteiger partial charge in [-0.1, -0.05) is 44.2 Å². The summed E-state index contributed by atoms with van der Waals surface area (Å²) < 4.78 is 5.49. The van der Waals surface area contributed by atoms with Crippen LogP contribution in [0.5, 0.6) is 5.75 Å². The zero-order valence-electron chi connectivity index (χ0n) is 17.3. The Morgan fingerprint density at radius 2 is 1.61 bits per heavy atom. The summed E-state index contributed by atoms with van der Waals surface area (Å²) in [6.45, 7) is 9.72. The van der Waals surface area contributed by atoms with Gasteiger partial charge in [0.25, 0.3) is 0 Å². The van der Waals surface area contributed by atoms with Gasteiger partial charge in [0.05, 0.1) is 18.8 Å². The summed E-state index contributed by atoms with van der Waals surface area (Å²) in [5.41, 5.74) is 3.21. The van der Waals surface area contributed by atoms with Gasteiger partial charge >= 0.3 is 0 Å². The first-order chi connectivity index (χ1) is 13.5. The third-order valence-corrected chi connectivity index (χ3v) is 5.51. The summed E-state index contributed by atoms with van der Waals surface area (Å²) in [5.74, 6) is 1.32. The topological polar surface area (TPSA) is 44.8 Å². The third-order valence-electron chi connectivity index (χ3n) is 5.51. The van der Waals surface area contributed by atoms with Crippen LogP contribution in [0, 0.1) is 0 Å². The predicted molar refractivity (Wildman–Crippen MR) is 115 cm³/mol. The van der Waals surface area contributed by atoms with Crippen LogP contribution >= 0.6 is 0 Å². The number of benzene rings is 2. The molecule has 1 saturated heterocycles. The van der Waals surface area contributed by atoms with E-state index in [2.05, 4.69) is 41.1 Å². The van der Waals surface area contributed by atoms with Crippen LogP contribution in [-0.2, 0) is 4.79 Å².